The Morgan fingerprint density at radius 1 is 1.11 bits per heavy atom. The fraction of sp³-hybridized carbons (Fsp3) is 0.150. The number of halogens is 1. The summed E-state index contributed by atoms with van der Waals surface area (Å²) in [4.78, 5) is 12.1. The maximum atomic E-state index is 12.1. The lowest BCUT2D eigenvalue weighted by Gasteiger charge is -2.08. The van der Waals surface area contributed by atoms with Crippen molar-refractivity contribution in [3.63, 3.8) is 0 Å². The number of thioether (sulfide) groups is 1. The molecule has 0 fully saturated rings. The first-order valence-electron chi connectivity index (χ1n) is 8.52. The van der Waals surface area contributed by atoms with Crippen LogP contribution in [0.5, 0.6) is 5.75 Å². The van der Waals surface area contributed by atoms with Crippen LogP contribution in [-0.2, 0) is 11.3 Å². The number of carbonyl (C=O) groups excluding carboxylic acids is 1. The molecule has 0 bridgehead atoms. The second kappa shape index (κ2) is 9.96. The number of methoxy groups -OCH3 is 1. The van der Waals surface area contributed by atoms with Crippen molar-refractivity contribution < 1.29 is 9.53 Å². The minimum absolute atomic E-state index is 0.153. The van der Waals surface area contributed by atoms with Gasteiger partial charge in [0.2, 0.25) is 5.91 Å². The highest BCUT2D eigenvalue weighted by atomic mass is 35.5. The highest BCUT2D eigenvalue weighted by Crippen LogP contribution is 2.27. The van der Waals surface area contributed by atoms with Gasteiger partial charge in [-0.1, -0.05) is 53.7 Å². The van der Waals surface area contributed by atoms with Crippen molar-refractivity contribution in [3.8, 4) is 5.75 Å². The van der Waals surface area contributed by atoms with Crippen LogP contribution >= 0.6 is 23.4 Å². The summed E-state index contributed by atoms with van der Waals surface area (Å²) in [5.41, 5.74) is 1.78. The van der Waals surface area contributed by atoms with Crippen LogP contribution in [0.15, 0.2) is 65.7 Å². The van der Waals surface area contributed by atoms with Crippen molar-refractivity contribution >= 4 is 40.8 Å². The van der Waals surface area contributed by atoms with E-state index in [0.717, 1.165) is 5.56 Å². The molecule has 0 aliphatic rings. The largest absolute Gasteiger partial charge is 0.495 e. The summed E-state index contributed by atoms with van der Waals surface area (Å²) >= 11 is 7.37. The number of amides is 1. The van der Waals surface area contributed by atoms with Crippen molar-refractivity contribution in [2.24, 2.45) is 0 Å². The van der Waals surface area contributed by atoms with Gasteiger partial charge in [0.1, 0.15) is 16.6 Å². The van der Waals surface area contributed by atoms with Crippen LogP contribution in [0.2, 0.25) is 5.02 Å². The average Bonchev–Trinajstić information content (AvgIpc) is 2.72. The zero-order chi connectivity index (χ0) is 19.8. The van der Waals surface area contributed by atoms with Gasteiger partial charge in [-0.05, 0) is 35.9 Å². The second-order valence-electron chi connectivity index (χ2n) is 5.78. The summed E-state index contributed by atoms with van der Waals surface area (Å²) in [5.74, 6) is 1.31. The molecular formula is C20H19ClN4O2S. The molecule has 1 heterocycles. The minimum atomic E-state index is -0.153. The van der Waals surface area contributed by atoms with Crippen molar-refractivity contribution in [3.05, 3.63) is 71.2 Å². The molecule has 0 saturated carbocycles. The van der Waals surface area contributed by atoms with E-state index in [1.807, 2.05) is 42.5 Å². The van der Waals surface area contributed by atoms with Crippen LogP contribution in [0.25, 0.3) is 0 Å². The zero-order valence-corrected chi connectivity index (χ0v) is 16.8. The smallest absolute Gasteiger partial charge is 0.234 e. The number of ether oxygens (including phenoxy) is 1. The quantitative estimate of drug-likeness (QED) is 0.529. The van der Waals surface area contributed by atoms with E-state index < -0.39 is 0 Å². The molecule has 0 spiro atoms. The predicted octanol–water partition coefficient (Wildman–Crippen LogP) is 4.48. The number of carbonyl (C=O) groups is 1. The van der Waals surface area contributed by atoms with Gasteiger partial charge in [0.05, 0.1) is 17.9 Å². The van der Waals surface area contributed by atoms with Crippen LogP contribution < -0.4 is 15.4 Å². The van der Waals surface area contributed by atoms with Crippen molar-refractivity contribution in [2.45, 2.75) is 11.6 Å². The Kier molecular flexibility index (Phi) is 7.11. The van der Waals surface area contributed by atoms with E-state index in [-0.39, 0.29) is 11.7 Å². The molecule has 0 saturated heterocycles. The molecule has 2 N–H and O–H groups in total. The van der Waals surface area contributed by atoms with Gasteiger partial charge in [0, 0.05) is 12.2 Å². The van der Waals surface area contributed by atoms with E-state index in [1.165, 1.54) is 11.8 Å². The first-order chi connectivity index (χ1) is 13.6. The van der Waals surface area contributed by atoms with E-state index in [9.17, 15) is 4.79 Å². The molecule has 1 aromatic heterocycles. The third-order valence-corrected chi connectivity index (χ3v) is 4.96. The minimum Gasteiger partial charge on any atom is -0.495 e. The molecule has 2 aromatic carbocycles. The van der Waals surface area contributed by atoms with Gasteiger partial charge in [-0.2, -0.15) is 0 Å². The van der Waals surface area contributed by atoms with Crippen LogP contribution in [-0.4, -0.2) is 29.0 Å². The first kappa shape index (κ1) is 20.0. The Labute approximate surface area is 172 Å². The summed E-state index contributed by atoms with van der Waals surface area (Å²) < 4.78 is 5.09. The number of nitrogens with zero attached hydrogens (tertiary/aromatic N) is 2. The average molecular weight is 415 g/mol. The monoisotopic (exact) mass is 414 g/mol. The summed E-state index contributed by atoms with van der Waals surface area (Å²) in [7, 11) is 1.54. The van der Waals surface area contributed by atoms with E-state index in [4.69, 9.17) is 16.3 Å². The molecule has 0 atom stereocenters. The Hall–Kier alpha value is -2.77. The Morgan fingerprint density at radius 3 is 2.61 bits per heavy atom. The molecular weight excluding hydrogens is 396 g/mol. The van der Waals surface area contributed by atoms with Gasteiger partial charge >= 0.3 is 0 Å². The van der Waals surface area contributed by atoms with Gasteiger partial charge in [0.25, 0.3) is 0 Å². The predicted molar refractivity (Wildman–Crippen MR) is 113 cm³/mol. The SMILES string of the molecule is COc1ccc(NC(=O)CSc2ccc(NCc3ccccc3)nn2)cc1Cl. The second-order valence-corrected chi connectivity index (χ2v) is 7.18. The maximum absolute atomic E-state index is 12.1. The molecule has 144 valence electrons. The molecule has 3 aromatic rings. The van der Waals surface area contributed by atoms with Gasteiger partial charge in [-0.15, -0.1) is 10.2 Å². The van der Waals surface area contributed by atoms with Crippen LogP contribution in [0.3, 0.4) is 0 Å². The lowest BCUT2D eigenvalue weighted by atomic mass is 10.2. The molecule has 0 unspecified atom stereocenters. The third kappa shape index (κ3) is 5.87. The number of aromatic nitrogens is 2. The van der Waals surface area contributed by atoms with Gasteiger partial charge in [0.15, 0.2) is 0 Å². The van der Waals surface area contributed by atoms with Gasteiger partial charge in [-0.25, -0.2) is 0 Å². The maximum Gasteiger partial charge on any atom is 0.234 e. The molecule has 8 heteroatoms. The number of hydrogen-bond donors (Lipinski definition) is 2. The standard InChI is InChI=1S/C20H19ClN4O2S/c1-27-17-8-7-15(11-16(17)21)23-19(26)13-28-20-10-9-18(24-25-20)22-12-14-5-3-2-4-6-14/h2-11H,12-13H2,1H3,(H,22,24)(H,23,26). The van der Waals surface area contributed by atoms with E-state index >= 15 is 0 Å². The number of nitrogens with one attached hydrogen (secondary N) is 2. The Bertz CT molecular complexity index is 923. The number of benzene rings is 2. The fourth-order valence-corrected chi connectivity index (χ4v) is 3.23. The van der Waals surface area contributed by atoms with E-state index in [0.29, 0.717) is 33.8 Å². The fourth-order valence-electron chi connectivity index (χ4n) is 2.36. The van der Waals surface area contributed by atoms with Crippen LogP contribution in [0, 0.1) is 0 Å². The molecule has 0 radical (unpaired) electrons. The topological polar surface area (TPSA) is 76.1 Å². The molecule has 1 amide bonds. The van der Waals surface area contributed by atoms with Crippen LogP contribution in [0.1, 0.15) is 5.56 Å². The van der Waals surface area contributed by atoms with Crippen LogP contribution in [0.4, 0.5) is 11.5 Å². The highest BCUT2D eigenvalue weighted by molar-refractivity contribution is 7.99. The van der Waals surface area contributed by atoms with Gasteiger partial charge < -0.3 is 15.4 Å². The third-order valence-electron chi connectivity index (χ3n) is 3.74. The van der Waals surface area contributed by atoms with E-state index in [2.05, 4.69) is 20.8 Å². The van der Waals surface area contributed by atoms with Crippen molar-refractivity contribution in [2.75, 3.05) is 23.5 Å². The number of anilines is 2. The molecule has 3 rings (SSSR count). The summed E-state index contributed by atoms with van der Waals surface area (Å²) in [5, 5.41) is 15.4. The lowest BCUT2D eigenvalue weighted by Crippen LogP contribution is -2.14. The first-order valence-corrected chi connectivity index (χ1v) is 9.88. The Morgan fingerprint density at radius 2 is 1.93 bits per heavy atom. The van der Waals surface area contributed by atoms with E-state index in [1.54, 1.807) is 25.3 Å². The Balaban J connectivity index is 1.46. The summed E-state index contributed by atoms with van der Waals surface area (Å²) in [6.07, 6.45) is 0. The van der Waals surface area contributed by atoms with Gasteiger partial charge in [-0.3, -0.25) is 4.79 Å². The highest BCUT2D eigenvalue weighted by Gasteiger charge is 2.08. The van der Waals surface area contributed by atoms with Crippen molar-refractivity contribution in [1.82, 2.24) is 10.2 Å². The normalized spacial score (nSPS) is 10.4. The molecule has 0 aliphatic carbocycles. The summed E-state index contributed by atoms with van der Waals surface area (Å²) in [6.45, 7) is 0.675. The van der Waals surface area contributed by atoms with Crippen molar-refractivity contribution in [1.29, 1.82) is 0 Å². The number of hydrogen-bond acceptors (Lipinski definition) is 6. The zero-order valence-electron chi connectivity index (χ0n) is 15.2. The molecule has 28 heavy (non-hydrogen) atoms. The number of rotatable bonds is 8. The summed E-state index contributed by atoms with van der Waals surface area (Å²) in [6, 6.07) is 18.8. The lowest BCUT2D eigenvalue weighted by molar-refractivity contribution is -0.113. The molecule has 6 nitrogen and oxygen atoms in total. The molecule has 0 aliphatic heterocycles.